The Kier molecular flexibility index (Phi) is 4.93. The molecule has 1 aromatic rings. The first kappa shape index (κ1) is 17.6. The van der Waals surface area contributed by atoms with Crippen molar-refractivity contribution in [2.75, 3.05) is 6.54 Å². The molecule has 1 saturated heterocycles. The van der Waals surface area contributed by atoms with Crippen LogP contribution < -0.4 is 5.32 Å². The Bertz CT molecular complexity index is 683. The van der Waals surface area contributed by atoms with Crippen LogP contribution in [0.5, 0.6) is 0 Å². The van der Waals surface area contributed by atoms with E-state index in [1.165, 1.54) is 5.56 Å². The molecule has 3 rings (SSSR count). The lowest BCUT2D eigenvalue weighted by atomic mass is 9.73. The van der Waals surface area contributed by atoms with Crippen molar-refractivity contribution in [3.8, 4) is 0 Å². The van der Waals surface area contributed by atoms with Gasteiger partial charge in [-0.05, 0) is 30.7 Å². The number of Topliss-reactive ketones (excluding diaryl/α,β-unsaturated/α-hetero) is 1. The molecule has 1 spiro atoms. The SMILES string of the molecule is CCCc1ccc(C(=O)CN2C(=O)N[C@]3(CCCC[C@H]3C)C2=O)cc1. The third-order valence-electron chi connectivity index (χ3n) is 5.62. The zero-order valence-corrected chi connectivity index (χ0v) is 15.0. The minimum atomic E-state index is -0.805. The van der Waals surface area contributed by atoms with Crippen LogP contribution in [-0.2, 0) is 11.2 Å². The molecule has 3 amide bonds. The van der Waals surface area contributed by atoms with E-state index in [-0.39, 0.29) is 24.2 Å². The molecular formula is C20H26N2O3. The normalized spacial score (nSPS) is 26.2. The zero-order chi connectivity index (χ0) is 18.0. The van der Waals surface area contributed by atoms with Crippen molar-refractivity contribution >= 4 is 17.7 Å². The number of urea groups is 1. The molecule has 0 aromatic heterocycles. The Hall–Kier alpha value is -2.17. The molecule has 1 heterocycles. The van der Waals surface area contributed by atoms with Gasteiger partial charge in [0, 0.05) is 5.56 Å². The molecule has 5 heteroatoms. The maximum atomic E-state index is 12.9. The average molecular weight is 342 g/mol. The van der Waals surface area contributed by atoms with E-state index in [4.69, 9.17) is 0 Å². The summed E-state index contributed by atoms with van der Waals surface area (Å²) in [5.74, 6) is -0.334. The molecule has 1 aromatic carbocycles. The summed E-state index contributed by atoms with van der Waals surface area (Å²) in [4.78, 5) is 38.9. The Morgan fingerprint density at radius 1 is 1.24 bits per heavy atom. The van der Waals surface area contributed by atoms with Gasteiger partial charge in [0.1, 0.15) is 5.54 Å². The van der Waals surface area contributed by atoms with Gasteiger partial charge >= 0.3 is 6.03 Å². The number of hydrogen-bond acceptors (Lipinski definition) is 3. The number of benzene rings is 1. The Morgan fingerprint density at radius 3 is 2.60 bits per heavy atom. The highest BCUT2D eigenvalue weighted by Crippen LogP contribution is 2.38. The van der Waals surface area contributed by atoms with E-state index in [2.05, 4.69) is 12.2 Å². The van der Waals surface area contributed by atoms with Crippen molar-refractivity contribution < 1.29 is 14.4 Å². The number of imide groups is 1. The Labute approximate surface area is 148 Å². The summed E-state index contributed by atoms with van der Waals surface area (Å²) in [6, 6.07) is 7.01. The largest absolute Gasteiger partial charge is 0.325 e. The molecule has 1 aliphatic carbocycles. The Morgan fingerprint density at radius 2 is 1.96 bits per heavy atom. The number of amides is 3. The van der Waals surface area contributed by atoms with Crippen LogP contribution in [0, 0.1) is 5.92 Å². The zero-order valence-electron chi connectivity index (χ0n) is 15.0. The van der Waals surface area contributed by atoms with Crippen molar-refractivity contribution in [2.45, 2.75) is 57.9 Å². The van der Waals surface area contributed by atoms with E-state index >= 15 is 0 Å². The number of hydrogen-bond donors (Lipinski definition) is 1. The van der Waals surface area contributed by atoms with Crippen LogP contribution in [0.15, 0.2) is 24.3 Å². The van der Waals surface area contributed by atoms with Crippen LogP contribution >= 0.6 is 0 Å². The van der Waals surface area contributed by atoms with Gasteiger partial charge in [-0.2, -0.15) is 0 Å². The summed E-state index contributed by atoms with van der Waals surface area (Å²) >= 11 is 0. The van der Waals surface area contributed by atoms with Crippen LogP contribution in [0.1, 0.15) is 61.9 Å². The van der Waals surface area contributed by atoms with E-state index in [1.54, 1.807) is 12.1 Å². The summed E-state index contributed by atoms with van der Waals surface area (Å²) in [5, 5.41) is 2.89. The quantitative estimate of drug-likeness (QED) is 0.659. The summed E-state index contributed by atoms with van der Waals surface area (Å²) in [5.41, 5.74) is 0.919. The molecule has 0 unspecified atom stereocenters. The molecule has 1 saturated carbocycles. The molecule has 1 N–H and O–H groups in total. The monoisotopic (exact) mass is 342 g/mol. The fourth-order valence-electron chi connectivity index (χ4n) is 4.02. The summed E-state index contributed by atoms with van der Waals surface area (Å²) in [6.45, 7) is 3.93. The highest BCUT2D eigenvalue weighted by molar-refractivity contribution is 6.11. The summed E-state index contributed by atoms with van der Waals surface area (Å²) in [7, 11) is 0. The van der Waals surface area contributed by atoms with E-state index in [0.717, 1.165) is 37.0 Å². The minimum absolute atomic E-state index is 0.103. The number of rotatable bonds is 5. The number of carbonyl (C=O) groups is 3. The molecule has 2 atom stereocenters. The van der Waals surface area contributed by atoms with Gasteiger partial charge in [0.15, 0.2) is 5.78 Å². The molecule has 0 radical (unpaired) electrons. The van der Waals surface area contributed by atoms with Crippen LogP contribution in [0.4, 0.5) is 4.79 Å². The molecule has 25 heavy (non-hydrogen) atoms. The lowest BCUT2D eigenvalue weighted by molar-refractivity contribution is -0.133. The fraction of sp³-hybridized carbons (Fsp3) is 0.550. The minimum Gasteiger partial charge on any atom is -0.323 e. The third kappa shape index (κ3) is 3.20. The predicted molar refractivity (Wildman–Crippen MR) is 95.4 cm³/mol. The van der Waals surface area contributed by atoms with Gasteiger partial charge in [-0.25, -0.2) is 4.79 Å². The van der Waals surface area contributed by atoms with Gasteiger partial charge in [0.25, 0.3) is 5.91 Å². The number of aryl methyl sites for hydroxylation is 1. The topological polar surface area (TPSA) is 66.5 Å². The molecule has 2 fully saturated rings. The maximum absolute atomic E-state index is 12.9. The lowest BCUT2D eigenvalue weighted by Crippen LogP contribution is -2.54. The van der Waals surface area contributed by atoms with Gasteiger partial charge in [-0.15, -0.1) is 0 Å². The van der Waals surface area contributed by atoms with E-state index in [9.17, 15) is 14.4 Å². The van der Waals surface area contributed by atoms with Crippen LogP contribution in [0.3, 0.4) is 0 Å². The number of nitrogens with zero attached hydrogens (tertiary/aromatic N) is 1. The van der Waals surface area contributed by atoms with Crippen molar-refractivity contribution in [3.63, 3.8) is 0 Å². The first-order valence-corrected chi connectivity index (χ1v) is 9.24. The number of carbonyl (C=O) groups excluding carboxylic acids is 3. The van der Waals surface area contributed by atoms with E-state index < -0.39 is 11.6 Å². The second-order valence-electron chi connectivity index (χ2n) is 7.31. The molecule has 134 valence electrons. The van der Waals surface area contributed by atoms with Crippen molar-refractivity contribution in [1.82, 2.24) is 10.2 Å². The van der Waals surface area contributed by atoms with Gasteiger partial charge in [-0.3, -0.25) is 14.5 Å². The fourth-order valence-corrected chi connectivity index (χ4v) is 4.02. The van der Waals surface area contributed by atoms with Crippen molar-refractivity contribution in [2.24, 2.45) is 5.92 Å². The number of nitrogens with one attached hydrogen (secondary N) is 1. The van der Waals surface area contributed by atoms with Crippen molar-refractivity contribution in [3.05, 3.63) is 35.4 Å². The molecule has 5 nitrogen and oxygen atoms in total. The highest BCUT2D eigenvalue weighted by atomic mass is 16.2. The summed E-state index contributed by atoms with van der Waals surface area (Å²) in [6.07, 6.45) is 5.62. The van der Waals surface area contributed by atoms with Crippen molar-refractivity contribution in [1.29, 1.82) is 0 Å². The van der Waals surface area contributed by atoms with E-state index in [1.807, 2.05) is 19.1 Å². The first-order valence-electron chi connectivity index (χ1n) is 9.24. The predicted octanol–water partition coefficient (Wildman–Crippen LogP) is 3.32. The summed E-state index contributed by atoms with van der Waals surface area (Å²) < 4.78 is 0. The second kappa shape index (κ2) is 6.98. The van der Waals surface area contributed by atoms with Crippen LogP contribution in [0.25, 0.3) is 0 Å². The number of ketones is 1. The maximum Gasteiger partial charge on any atom is 0.325 e. The van der Waals surface area contributed by atoms with Gasteiger partial charge < -0.3 is 5.32 Å². The molecule has 0 bridgehead atoms. The third-order valence-corrected chi connectivity index (χ3v) is 5.62. The van der Waals surface area contributed by atoms with Gasteiger partial charge in [0.05, 0.1) is 6.54 Å². The highest BCUT2D eigenvalue weighted by Gasteiger charge is 2.55. The molecule has 1 aliphatic heterocycles. The average Bonchev–Trinajstić information content (AvgIpc) is 2.83. The van der Waals surface area contributed by atoms with E-state index in [0.29, 0.717) is 12.0 Å². The smallest absolute Gasteiger partial charge is 0.323 e. The molecular weight excluding hydrogens is 316 g/mol. The lowest BCUT2D eigenvalue weighted by Gasteiger charge is -2.36. The standard InChI is InChI=1S/C20H26N2O3/c1-3-6-15-8-10-16(11-9-15)17(23)13-22-18(24)20(21-19(22)25)12-5-4-7-14(20)2/h8-11,14H,3-7,12-13H2,1-2H3,(H,21,25)/t14-,20+/m1/s1. The Balaban J connectivity index is 1.72. The first-order chi connectivity index (χ1) is 12.0. The van der Waals surface area contributed by atoms with Gasteiger partial charge in [-0.1, -0.05) is 57.4 Å². The van der Waals surface area contributed by atoms with Crippen LogP contribution in [0.2, 0.25) is 0 Å². The molecule has 2 aliphatic rings. The van der Waals surface area contributed by atoms with Crippen LogP contribution in [-0.4, -0.2) is 34.7 Å². The second-order valence-corrected chi connectivity index (χ2v) is 7.31. The van der Waals surface area contributed by atoms with Gasteiger partial charge in [0.2, 0.25) is 0 Å².